The molecule has 114 valence electrons. The average molecular weight is 328 g/mol. The standard InChI is InChI=1S/C13H16N2O4S2/c1-10-13(20-9-14-10)8-15-21(17,18)12-4-2-11(3-5-12)19-7-6-16/h2-5,9,15-16H,6-8H2,1H3. The average Bonchev–Trinajstić information content (AvgIpc) is 2.89. The first-order chi connectivity index (χ1) is 10.0. The van der Waals surface area contributed by atoms with Crippen molar-refractivity contribution in [3.63, 3.8) is 0 Å². The van der Waals surface area contributed by atoms with Crippen LogP contribution in [0.2, 0.25) is 0 Å². The van der Waals surface area contributed by atoms with E-state index >= 15 is 0 Å². The minimum Gasteiger partial charge on any atom is -0.491 e. The van der Waals surface area contributed by atoms with Gasteiger partial charge in [-0.05, 0) is 31.2 Å². The van der Waals surface area contributed by atoms with Gasteiger partial charge in [-0.25, -0.2) is 18.1 Å². The van der Waals surface area contributed by atoms with E-state index in [1.54, 1.807) is 17.6 Å². The highest BCUT2D eigenvalue weighted by molar-refractivity contribution is 7.89. The Balaban J connectivity index is 2.03. The summed E-state index contributed by atoms with van der Waals surface area (Å²) in [4.78, 5) is 5.13. The number of nitrogens with one attached hydrogen (secondary N) is 1. The molecule has 1 heterocycles. The molecule has 21 heavy (non-hydrogen) atoms. The van der Waals surface area contributed by atoms with Gasteiger partial charge in [0.15, 0.2) is 0 Å². The van der Waals surface area contributed by atoms with E-state index in [0.717, 1.165) is 10.6 Å². The number of aromatic nitrogens is 1. The van der Waals surface area contributed by atoms with Gasteiger partial charge >= 0.3 is 0 Å². The van der Waals surface area contributed by atoms with E-state index in [-0.39, 0.29) is 24.7 Å². The molecule has 2 rings (SSSR count). The fourth-order valence-electron chi connectivity index (χ4n) is 1.62. The second-order valence-electron chi connectivity index (χ2n) is 4.23. The van der Waals surface area contributed by atoms with E-state index in [2.05, 4.69) is 9.71 Å². The summed E-state index contributed by atoms with van der Waals surface area (Å²) < 4.78 is 32.0. The Labute approximate surface area is 127 Å². The topological polar surface area (TPSA) is 88.5 Å². The van der Waals surface area contributed by atoms with Crippen LogP contribution in [0, 0.1) is 6.92 Å². The summed E-state index contributed by atoms with van der Waals surface area (Å²) in [5, 5.41) is 8.66. The minimum atomic E-state index is -3.57. The van der Waals surface area contributed by atoms with Crippen molar-refractivity contribution in [1.82, 2.24) is 9.71 Å². The number of ether oxygens (including phenoxy) is 1. The quantitative estimate of drug-likeness (QED) is 0.800. The maximum atomic E-state index is 12.2. The second-order valence-corrected chi connectivity index (χ2v) is 6.94. The van der Waals surface area contributed by atoms with Crippen LogP contribution < -0.4 is 9.46 Å². The zero-order valence-corrected chi connectivity index (χ0v) is 13.1. The van der Waals surface area contributed by atoms with Crippen molar-refractivity contribution in [3.8, 4) is 5.75 Å². The smallest absolute Gasteiger partial charge is 0.240 e. The molecule has 0 aliphatic carbocycles. The second kappa shape index (κ2) is 6.99. The van der Waals surface area contributed by atoms with E-state index in [4.69, 9.17) is 9.84 Å². The van der Waals surface area contributed by atoms with Crippen molar-refractivity contribution in [2.24, 2.45) is 0 Å². The van der Waals surface area contributed by atoms with Gasteiger partial charge in [-0.15, -0.1) is 11.3 Å². The van der Waals surface area contributed by atoms with Crippen LogP contribution in [0.1, 0.15) is 10.6 Å². The number of sulfonamides is 1. The summed E-state index contributed by atoms with van der Waals surface area (Å²) in [7, 11) is -3.57. The van der Waals surface area contributed by atoms with Crippen molar-refractivity contribution >= 4 is 21.4 Å². The highest BCUT2D eigenvalue weighted by Crippen LogP contribution is 2.17. The maximum absolute atomic E-state index is 12.2. The number of hydrogen-bond acceptors (Lipinski definition) is 6. The van der Waals surface area contributed by atoms with Crippen molar-refractivity contribution in [2.45, 2.75) is 18.4 Å². The Bertz CT molecular complexity index is 680. The molecule has 8 heteroatoms. The molecule has 1 aromatic carbocycles. The zero-order valence-electron chi connectivity index (χ0n) is 11.4. The number of rotatable bonds is 7. The molecule has 0 fully saturated rings. The van der Waals surface area contributed by atoms with Crippen molar-refractivity contribution < 1.29 is 18.3 Å². The maximum Gasteiger partial charge on any atom is 0.240 e. The Morgan fingerprint density at radius 2 is 2.05 bits per heavy atom. The van der Waals surface area contributed by atoms with Crippen molar-refractivity contribution in [1.29, 1.82) is 0 Å². The van der Waals surface area contributed by atoms with Crippen LogP contribution in [-0.4, -0.2) is 31.7 Å². The van der Waals surface area contributed by atoms with Crippen LogP contribution >= 0.6 is 11.3 Å². The Morgan fingerprint density at radius 3 is 2.62 bits per heavy atom. The molecule has 0 amide bonds. The number of thiazole rings is 1. The molecule has 1 aromatic heterocycles. The number of aryl methyl sites for hydroxylation is 1. The molecule has 0 spiro atoms. The predicted molar refractivity (Wildman–Crippen MR) is 79.9 cm³/mol. The van der Waals surface area contributed by atoms with E-state index in [1.807, 2.05) is 6.92 Å². The molecule has 0 bridgehead atoms. The molecule has 0 aliphatic rings. The summed E-state index contributed by atoms with van der Waals surface area (Å²) in [5.74, 6) is 0.515. The summed E-state index contributed by atoms with van der Waals surface area (Å²) >= 11 is 1.42. The minimum absolute atomic E-state index is 0.0875. The first-order valence-corrected chi connectivity index (χ1v) is 8.61. The zero-order chi connectivity index (χ0) is 15.3. The van der Waals surface area contributed by atoms with Crippen LogP contribution in [0.15, 0.2) is 34.7 Å². The lowest BCUT2D eigenvalue weighted by atomic mass is 10.3. The van der Waals surface area contributed by atoms with E-state index in [9.17, 15) is 8.42 Å². The van der Waals surface area contributed by atoms with Gasteiger partial charge in [0, 0.05) is 11.4 Å². The molecule has 0 unspecified atom stereocenters. The number of hydrogen-bond donors (Lipinski definition) is 2. The van der Waals surface area contributed by atoms with Crippen LogP contribution in [0.25, 0.3) is 0 Å². The Morgan fingerprint density at radius 1 is 1.33 bits per heavy atom. The van der Waals surface area contributed by atoms with Gasteiger partial charge in [0.05, 0.1) is 22.7 Å². The summed E-state index contributed by atoms with van der Waals surface area (Å²) in [5.41, 5.74) is 2.52. The number of benzene rings is 1. The van der Waals surface area contributed by atoms with Crippen LogP contribution in [0.3, 0.4) is 0 Å². The number of aliphatic hydroxyl groups excluding tert-OH is 1. The molecular formula is C13H16N2O4S2. The molecule has 2 N–H and O–H groups in total. The Kier molecular flexibility index (Phi) is 5.29. The van der Waals surface area contributed by atoms with Gasteiger partial charge in [0.1, 0.15) is 12.4 Å². The van der Waals surface area contributed by atoms with Gasteiger partial charge in [-0.3, -0.25) is 0 Å². The summed E-state index contributed by atoms with van der Waals surface area (Å²) in [6.07, 6.45) is 0. The third kappa shape index (κ3) is 4.24. The first-order valence-electron chi connectivity index (χ1n) is 6.25. The molecule has 0 saturated carbocycles. The summed E-state index contributed by atoms with van der Waals surface area (Å²) in [6.45, 7) is 2.15. The number of aliphatic hydroxyl groups is 1. The molecule has 0 radical (unpaired) electrons. The van der Waals surface area contributed by atoms with E-state index in [1.165, 1.54) is 23.5 Å². The third-order valence-corrected chi connectivity index (χ3v) is 5.11. The van der Waals surface area contributed by atoms with Crippen LogP contribution in [0.4, 0.5) is 0 Å². The number of nitrogens with zero attached hydrogens (tertiary/aromatic N) is 1. The third-order valence-electron chi connectivity index (χ3n) is 2.76. The first kappa shape index (κ1) is 15.9. The fraction of sp³-hybridized carbons (Fsp3) is 0.308. The monoisotopic (exact) mass is 328 g/mol. The lowest BCUT2D eigenvalue weighted by Crippen LogP contribution is -2.23. The molecule has 0 atom stereocenters. The fourth-order valence-corrected chi connectivity index (χ4v) is 3.42. The molecule has 0 aliphatic heterocycles. The Hall–Kier alpha value is -1.48. The van der Waals surface area contributed by atoms with Gasteiger partial charge in [0.2, 0.25) is 10.0 Å². The van der Waals surface area contributed by atoms with Crippen LogP contribution in [-0.2, 0) is 16.6 Å². The molecule has 0 saturated heterocycles. The van der Waals surface area contributed by atoms with Gasteiger partial charge in [-0.1, -0.05) is 0 Å². The highest BCUT2D eigenvalue weighted by Gasteiger charge is 2.14. The summed E-state index contributed by atoms with van der Waals surface area (Å²) in [6, 6.07) is 6.05. The SMILES string of the molecule is Cc1ncsc1CNS(=O)(=O)c1ccc(OCCO)cc1. The predicted octanol–water partition coefficient (Wildman–Crippen LogP) is 1.30. The van der Waals surface area contributed by atoms with Gasteiger partial charge in [-0.2, -0.15) is 0 Å². The van der Waals surface area contributed by atoms with Gasteiger partial charge < -0.3 is 9.84 Å². The highest BCUT2D eigenvalue weighted by atomic mass is 32.2. The lowest BCUT2D eigenvalue weighted by Gasteiger charge is -2.08. The van der Waals surface area contributed by atoms with Gasteiger partial charge in [0.25, 0.3) is 0 Å². The molecular weight excluding hydrogens is 312 g/mol. The van der Waals surface area contributed by atoms with E-state index < -0.39 is 10.0 Å². The molecule has 2 aromatic rings. The lowest BCUT2D eigenvalue weighted by molar-refractivity contribution is 0.201. The van der Waals surface area contributed by atoms with Crippen molar-refractivity contribution in [3.05, 3.63) is 40.3 Å². The van der Waals surface area contributed by atoms with E-state index in [0.29, 0.717) is 5.75 Å². The molecule has 6 nitrogen and oxygen atoms in total. The van der Waals surface area contributed by atoms with Crippen molar-refractivity contribution in [2.75, 3.05) is 13.2 Å². The largest absolute Gasteiger partial charge is 0.491 e. The van der Waals surface area contributed by atoms with Crippen LogP contribution in [0.5, 0.6) is 5.75 Å². The normalized spacial score (nSPS) is 11.5.